The zero-order chi connectivity index (χ0) is 12.7. The van der Waals surface area contributed by atoms with Gasteiger partial charge in [0.15, 0.2) is 0 Å². The smallest absolute Gasteiger partial charge is 0.216 e. The molecule has 4 heteroatoms. The Hall–Kier alpha value is -1.42. The van der Waals surface area contributed by atoms with Crippen LogP contribution in [0.3, 0.4) is 0 Å². The summed E-state index contributed by atoms with van der Waals surface area (Å²) in [5, 5.41) is 14.0. The number of nitrogens with one attached hydrogen (secondary N) is 1. The normalized spacial score (nSPS) is 11.4. The van der Waals surface area contributed by atoms with E-state index in [4.69, 9.17) is 0 Å². The van der Waals surface area contributed by atoms with Crippen LogP contribution in [0.2, 0.25) is 0 Å². The van der Waals surface area contributed by atoms with E-state index in [1.165, 1.54) is 5.56 Å². The molecule has 0 aromatic heterocycles. The highest BCUT2D eigenvalue weighted by molar-refractivity contribution is 5.14. The van der Waals surface area contributed by atoms with Crippen LogP contribution < -0.4 is 5.32 Å². The van der Waals surface area contributed by atoms with Crippen LogP contribution in [0.5, 0.6) is 0 Å². The van der Waals surface area contributed by atoms with Gasteiger partial charge in [0.1, 0.15) is 0 Å². The van der Waals surface area contributed by atoms with Crippen LogP contribution in [0.4, 0.5) is 0 Å². The predicted octanol–water partition coefficient (Wildman–Crippen LogP) is 2.61. The van der Waals surface area contributed by atoms with Crippen LogP contribution >= 0.6 is 0 Å². The molecule has 0 saturated carbocycles. The van der Waals surface area contributed by atoms with Crippen LogP contribution in [0.15, 0.2) is 30.3 Å². The Kier molecular flexibility index (Phi) is 5.10. The highest BCUT2D eigenvalue weighted by Crippen LogP contribution is 2.14. The molecule has 0 saturated heterocycles. The van der Waals surface area contributed by atoms with E-state index in [1.807, 2.05) is 18.2 Å². The van der Waals surface area contributed by atoms with Crippen LogP contribution in [-0.4, -0.2) is 17.0 Å². The van der Waals surface area contributed by atoms with Crippen molar-refractivity contribution in [2.45, 2.75) is 38.8 Å². The van der Waals surface area contributed by atoms with E-state index < -0.39 is 5.54 Å². The summed E-state index contributed by atoms with van der Waals surface area (Å²) in [5.74, 6) is 0. The fourth-order valence-corrected chi connectivity index (χ4v) is 1.57. The third-order valence-corrected chi connectivity index (χ3v) is 2.81. The quantitative estimate of drug-likeness (QED) is 0.450. The van der Waals surface area contributed by atoms with Gasteiger partial charge in [-0.25, -0.2) is 0 Å². The van der Waals surface area contributed by atoms with Crippen molar-refractivity contribution in [3.05, 3.63) is 46.0 Å². The Morgan fingerprint density at radius 2 is 1.94 bits per heavy atom. The van der Waals surface area contributed by atoms with E-state index in [1.54, 1.807) is 13.8 Å². The van der Waals surface area contributed by atoms with E-state index >= 15 is 0 Å². The van der Waals surface area contributed by atoms with E-state index in [0.29, 0.717) is 6.42 Å². The lowest BCUT2D eigenvalue weighted by Crippen LogP contribution is -2.31. The second-order valence-corrected chi connectivity index (χ2v) is 4.84. The Bertz CT molecular complexity index is 350. The topological polar surface area (TPSA) is 55.2 Å². The average Bonchev–Trinajstić information content (AvgIpc) is 2.29. The zero-order valence-electron chi connectivity index (χ0n) is 10.5. The summed E-state index contributed by atoms with van der Waals surface area (Å²) in [7, 11) is 0. The summed E-state index contributed by atoms with van der Waals surface area (Å²) in [5.41, 5.74) is 0.426. The molecule has 1 N–H and O–H groups in total. The number of hydrogen-bond acceptors (Lipinski definition) is 3. The van der Waals surface area contributed by atoms with Gasteiger partial charge in [-0.15, -0.1) is 0 Å². The largest absolute Gasteiger partial charge is 0.313 e. The molecule has 1 aromatic carbocycles. The van der Waals surface area contributed by atoms with Crippen LogP contribution in [0.1, 0.15) is 32.3 Å². The summed E-state index contributed by atoms with van der Waals surface area (Å²) in [4.78, 5) is 10.5. The maximum Gasteiger partial charge on any atom is 0.216 e. The lowest BCUT2D eigenvalue weighted by Gasteiger charge is -2.15. The molecule has 0 atom stereocenters. The summed E-state index contributed by atoms with van der Waals surface area (Å²) in [6.45, 7) is 4.97. The Morgan fingerprint density at radius 1 is 1.29 bits per heavy atom. The highest BCUT2D eigenvalue weighted by atomic mass is 16.6. The van der Waals surface area contributed by atoms with Gasteiger partial charge in [0.25, 0.3) is 0 Å². The fraction of sp³-hybridized carbons (Fsp3) is 0.538. The molecule has 0 heterocycles. The second-order valence-electron chi connectivity index (χ2n) is 4.84. The average molecular weight is 236 g/mol. The van der Waals surface area contributed by atoms with E-state index in [-0.39, 0.29) is 4.92 Å². The molecule has 0 amide bonds. The van der Waals surface area contributed by atoms with Gasteiger partial charge in [-0.3, -0.25) is 10.1 Å². The first-order chi connectivity index (χ1) is 8.02. The summed E-state index contributed by atoms with van der Waals surface area (Å²) >= 11 is 0. The summed E-state index contributed by atoms with van der Waals surface area (Å²) in [6, 6.07) is 10.1. The highest BCUT2D eigenvalue weighted by Gasteiger charge is 2.29. The van der Waals surface area contributed by atoms with Gasteiger partial charge in [0.05, 0.1) is 0 Å². The van der Waals surface area contributed by atoms with Crippen molar-refractivity contribution in [2.75, 3.05) is 6.54 Å². The molecule has 0 spiro atoms. The SMILES string of the molecule is CC(C)(CCCNCc1ccccc1)[N+](=O)[O-]. The third-order valence-electron chi connectivity index (χ3n) is 2.81. The molecule has 0 unspecified atom stereocenters. The van der Waals surface area contributed by atoms with Crippen LogP contribution in [-0.2, 0) is 6.54 Å². The number of rotatable bonds is 7. The summed E-state index contributed by atoms with van der Waals surface area (Å²) < 4.78 is 0. The van der Waals surface area contributed by atoms with Crippen molar-refractivity contribution < 1.29 is 4.92 Å². The molecule has 0 fully saturated rings. The molecule has 0 radical (unpaired) electrons. The number of hydrogen-bond donors (Lipinski definition) is 1. The first kappa shape index (κ1) is 13.6. The van der Waals surface area contributed by atoms with E-state index in [9.17, 15) is 10.1 Å². The summed E-state index contributed by atoms with van der Waals surface area (Å²) in [6.07, 6.45) is 1.42. The minimum Gasteiger partial charge on any atom is -0.313 e. The van der Waals surface area contributed by atoms with Gasteiger partial charge in [-0.1, -0.05) is 30.3 Å². The molecule has 0 aliphatic rings. The fourth-order valence-electron chi connectivity index (χ4n) is 1.57. The lowest BCUT2D eigenvalue weighted by molar-refractivity contribution is -0.561. The molecule has 0 bridgehead atoms. The molecule has 0 aliphatic carbocycles. The van der Waals surface area contributed by atoms with Crippen molar-refractivity contribution in [2.24, 2.45) is 0 Å². The third kappa shape index (κ3) is 4.95. The van der Waals surface area contributed by atoms with Gasteiger partial charge < -0.3 is 5.32 Å². The number of nitrogens with zero attached hydrogens (tertiary/aromatic N) is 1. The lowest BCUT2D eigenvalue weighted by atomic mass is 10.00. The number of benzene rings is 1. The van der Waals surface area contributed by atoms with Gasteiger partial charge in [0, 0.05) is 31.7 Å². The molecule has 17 heavy (non-hydrogen) atoms. The first-order valence-electron chi connectivity index (χ1n) is 5.91. The monoisotopic (exact) mass is 236 g/mol. The van der Waals surface area contributed by atoms with Gasteiger partial charge >= 0.3 is 0 Å². The van der Waals surface area contributed by atoms with Crippen molar-refractivity contribution in [3.8, 4) is 0 Å². The van der Waals surface area contributed by atoms with E-state index in [2.05, 4.69) is 17.4 Å². The van der Waals surface area contributed by atoms with Crippen molar-refractivity contribution in [1.29, 1.82) is 0 Å². The second kappa shape index (κ2) is 6.35. The first-order valence-corrected chi connectivity index (χ1v) is 5.91. The number of nitro groups is 1. The van der Waals surface area contributed by atoms with Gasteiger partial charge in [-0.2, -0.15) is 0 Å². The molecule has 1 rings (SSSR count). The maximum atomic E-state index is 10.7. The molecular formula is C13H20N2O2. The zero-order valence-corrected chi connectivity index (χ0v) is 10.5. The van der Waals surface area contributed by atoms with E-state index in [0.717, 1.165) is 19.5 Å². The predicted molar refractivity (Wildman–Crippen MR) is 68.5 cm³/mol. The van der Waals surface area contributed by atoms with Crippen molar-refractivity contribution in [3.63, 3.8) is 0 Å². The van der Waals surface area contributed by atoms with Gasteiger partial charge in [-0.05, 0) is 18.5 Å². The minimum atomic E-state index is -0.811. The Morgan fingerprint density at radius 3 is 2.53 bits per heavy atom. The van der Waals surface area contributed by atoms with Crippen molar-refractivity contribution >= 4 is 0 Å². The van der Waals surface area contributed by atoms with Crippen LogP contribution in [0, 0.1) is 10.1 Å². The Labute approximate surface area is 102 Å². The molecule has 0 aliphatic heterocycles. The molecule has 94 valence electrons. The van der Waals surface area contributed by atoms with Crippen molar-refractivity contribution in [1.82, 2.24) is 5.32 Å². The van der Waals surface area contributed by atoms with Gasteiger partial charge in [0.2, 0.25) is 5.54 Å². The Balaban J connectivity index is 2.15. The molecule has 4 nitrogen and oxygen atoms in total. The molecule has 1 aromatic rings. The molecular weight excluding hydrogens is 216 g/mol. The standard InChI is InChI=1S/C13H20N2O2/c1-13(2,15(16)17)9-6-10-14-11-12-7-4-3-5-8-12/h3-5,7-8,14H,6,9-11H2,1-2H3. The van der Waals surface area contributed by atoms with Crippen LogP contribution in [0.25, 0.3) is 0 Å². The minimum absolute atomic E-state index is 0.204. The maximum absolute atomic E-state index is 10.7.